The molecule has 0 bridgehead atoms. The van der Waals surface area contributed by atoms with Crippen LogP contribution in [-0.2, 0) is 39.1 Å². The van der Waals surface area contributed by atoms with Crippen LogP contribution in [0.3, 0.4) is 0 Å². The lowest BCUT2D eigenvalue weighted by atomic mass is 9.98. The highest BCUT2D eigenvalue weighted by atomic mass is 32.2. The Bertz CT molecular complexity index is 1340. The SMILES string of the molecule is CC(C(=O)[C@H](CC(C)C)NC(=O)[C@H](CC(N)=O)NC(=O)[C@H](CCC(=O)O)NC(=O)C(c1ccccc1)[N+](=O)[O-])=S(=O)=O. The number of aliphatic carboxylic acids is 1. The Balaban J connectivity index is 3.29. The maximum Gasteiger partial charge on any atom is 0.314 e. The van der Waals surface area contributed by atoms with Crippen molar-refractivity contribution in [2.75, 3.05) is 0 Å². The summed E-state index contributed by atoms with van der Waals surface area (Å²) in [7, 11) is -2.87. The highest BCUT2D eigenvalue weighted by molar-refractivity contribution is 7.74. The van der Waals surface area contributed by atoms with Gasteiger partial charge >= 0.3 is 12.0 Å². The number of nitro groups is 1. The molecule has 0 aliphatic rings. The van der Waals surface area contributed by atoms with Crippen molar-refractivity contribution in [2.24, 2.45) is 11.7 Å². The number of amides is 4. The Hall–Kier alpha value is -4.67. The number of benzene rings is 1. The van der Waals surface area contributed by atoms with Gasteiger partial charge in [0.25, 0.3) is 5.91 Å². The van der Waals surface area contributed by atoms with E-state index in [-0.39, 0.29) is 17.9 Å². The van der Waals surface area contributed by atoms with Gasteiger partial charge in [0.2, 0.25) is 28.0 Å². The summed E-state index contributed by atoms with van der Waals surface area (Å²) in [6.07, 6.45) is -2.01. The quantitative estimate of drug-likeness (QED) is 0.0800. The molecule has 6 N–H and O–H groups in total. The molecular formula is C25H33N5O11S. The molecule has 16 nitrogen and oxygen atoms in total. The molecule has 230 valence electrons. The molecule has 0 spiro atoms. The van der Waals surface area contributed by atoms with Crippen molar-refractivity contribution in [1.29, 1.82) is 0 Å². The van der Waals surface area contributed by atoms with Crippen molar-refractivity contribution in [3.8, 4) is 0 Å². The fourth-order valence-electron chi connectivity index (χ4n) is 3.78. The maximum atomic E-state index is 13.1. The van der Waals surface area contributed by atoms with Crippen LogP contribution in [0.2, 0.25) is 0 Å². The molecule has 4 amide bonds. The van der Waals surface area contributed by atoms with E-state index < -0.39 is 98.9 Å². The fraction of sp³-hybridized carbons (Fsp3) is 0.480. The van der Waals surface area contributed by atoms with Gasteiger partial charge in [-0.2, -0.15) is 8.42 Å². The van der Waals surface area contributed by atoms with E-state index in [9.17, 15) is 47.3 Å². The van der Waals surface area contributed by atoms with E-state index in [4.69, 9.17) is 10.8 Å². The first-order valence-corrected chi connectivity index (χ1v) is 13.7. The number of carboxylic acids is 1. The van der Waals surface area contributed by atoms with Gasteiger partial charge in [-0.05, 0) is 25.7 Å². The molecule has 1 rings (SSSR count). The van der Waals surface area contributed by atoms with Gasteiger partial charge in [-0.25, -0.2) is 0 Å². The lowest BCUT2D eigenvalue weighted by molar-refractivity contribution is -0.513. The largest absolute Gasteiger partial charge is 0.481 e. The molecular weight excluding hydrogens is 578 g/mol. The molecule has 0 aliphatic carbocycles. The van der Waals surface area contributed by atoms with Crippen LogP contribution in [0.1, 0.15) is 58.1 Å². The van der Waals surface area contributed by atoms with Crippen LogP contribution < -0.4 is 21.7 Å². The minimum atomic E-state index is -2.87. The summed E-state index contributed by atoms with van der Waals surface area (Å²) in [5.74, 6) is -7.06. The number of nitrogens with two attached hydrogens (primary N) is 1. The number of ketones is 1. The topological polar surface area (TPSA) is 262 Å². The lowest BCUT2D eigenvalue weighted by Gasteiger charge is -2.25. The Morgan fingerprint density at radius 1 is 0.929 bits per heavy atom. The monoisotopic (exact) mass is 611 g/mol. The molecule has 1 unspecified atom stereocenters. The van der Waals surface area contributed by atoms with Crippen molar-refractivity contribution < 1.29 is 47.2 Å². The third-order valence-corrected chi connectivity index (χ3v) is 6.53. The summed E-state index contributed by atoms with van der Waals surface area (Å²) in [5.41, 5.74) is 5.20. The zero-order valence-electron chi connectivity index (χ0n) is 23.1. The zero-order chi connectivity index (χ0) is 32.1. The van der Waals surface area contributed by atoms with E-state index in [1.165, 1.54) is 24.3 Å². The summed E-state index contributed by atoms with van der Waals surface area (Å²) in [5, 5.41) is 27.3. The average molecular weight is 612 g/mol. The van der Waals surface area contributed by atoms with Crippen LogP contribution in [-0.4, -0.2) is 76.8 Å². The Morgan fingerprint density at radius 3 is 1.93 bits per heavy atom. The normalized spacial score (nSPS) is 13.5. The van der Waals surface area contributed by atoms with Gasteiger partial charge < -0.3 is 26.8 Å². The minimum absolute atomic E-state index is 0.00455. The third-order valence-electron chi connectivity index (χ3n) is 5.83. The third kappa shape index (κ3) is 11.4. The van der Waals surface area contributed by atoms with E-state index in [0.29, 0.717) is 0 Å². The van der Waals surface area contributed by atoms with Gasteiger partial charge in [0.15, 0.2) is 5.78 Å². The van der Waals surface area contributed by atoms with E-state index in [1.54, 1.807) is 19.9 Å². The first-order valence-electron chi connectivity index (χ1n) is 12.6. The van der Waals surface area contributed by atoms with Crippen LogP contribution >= 0.6 is 0 Å². The molecule has 1 aromatic rings. The summed E-state index contributed by atoms with van der Waals surface area (Å²) in [6.45, 7) is 4.43. The molecule has 0 fully saturated rings. The Labute approximate surface area is 242 Å². The van der Waals surface area contributed by atoms with Crippen LogP contribution in [0.25, 0.3) is 0 Å². The molecule has 17 heteroatoms. The predicted octanol–water partition coefficient (Wildman–Crippen LogP) is -1.11. The minimum Gasteiger partial charge on any atom is -0.481 e. The smallest absolute Gasteiger partial charge is 0.314 e. The average Bonchev–Trinajstić information content (AvgIpc) is 2.89. The molecule has 4 atom stereocenters. The first-order chi connectivity index (χ1) is 19.5. The number of carbonyl (C=O) groups is 6. The highest BCUT2D eigenvalue weighted by Crippen LogP contribution is 2.17. The lowest BCUT2D eigenvalue weighted by Crippen LogP contribution is -2.57. The summed E-state index contributed by atoms with van der Waals surface area (Å²) < 4.78 is 22.6. The van der Waals surface area contributed by atoms with Gasteiger partial charge in [-0.1, -0.05) is 44.2 Å². The molecule has 0 aromatic heterocycles. The maximum absolute atomic E-state index is 13.1. The molecule has 0 radical (unpaired) electrons. The number of nitrogens with one attached hydrogen (secondary N) is 3. The van der Waals surface area contributed by atoms with E-state index in [2.05, 4.69) is 16.0 Å². The summed E-state index contributed by atoms with van der Waals surface area (Å²) in [4.78, 5) is 84.8. The van der Waals surface area contributed by atoms with E-state index in [1.807, 2.05) is 0 Å². The van der Waals surface area contributed by atoms with Gasteiger partial charge in [-0.15, -0.1) is 0 Å². The van der Waals surface area contributed by atoms with Crippen LogP contribution in [0.15, 0.2) is 30.3 Å². The summed E-state index contributed by atoms with van der Waals surface area (Å²) >= 11 is 0. The number of hydrogen-bond acceptors (Lipinski definition) is 10. The number of primary amides is 1. The Morgan fingerprint density at radius 2 is 1.45 bits per heavy atom. The highest BCUT2D eigenvalue weighted by Gasteiger charge is 2.36. The van der Waals surface area contributed by atoms with Crippen LogP contribution in [0.4, 0.5) is 0 Å². The van der Waals surface area contributed by atoms with Crippen molar-refractivity contribution in [1.82, 2.24) is 16.0 Å². The van der Waals surface area contributed by atoms with Gasteiger partial charge in [0.05, 0.1) is 12.5 Å². The number of Topliss-reactive ketones (excluding diaryl/α,β-unsaturated/α-hetero) is 1. The van der Waals surface area contributed by atoms with Gasteiger partial charge in [0, 0.05) is 16.9 Å². The molecule has 1 aromatic carbocycles. The number of carboxylic acid groups (broad SMARTS) is 1. The number of carbonyl (C=O) groups excluding carboxylic acids is 5. The fourth-order valence-corrected chi connectivity index (χ4v) is 4.08. The molecule has 0 saturated heterocycles. The van der Waals surface area contributed by atoms with Gasteiger partial charge in [-0.3, -0.25) is 38.9 Å². The first kappa shape index (κ1) is 35.4. The van der Waals surface area contributed by atoms with E-state index in [0.717, 1.165) is 6.92 Å². The van der Waals surface area contributed by atoms with Crippen molar-refractivity contribution >= 4 is 50.5 Å². The van der Waals surface area contributed by atoms with Crippen LogP contribution in [0, 0.1) is 16.0 Å². The standard InChI is InChI=1S/C25H33N5O11S/c1-13(2)11-17(22(34)14(3)42(40)41)28-24(36)18(12-19(26)31)29-23(35)16(9-10-20(32)33)27-25(37)21(30(38)39)15-7-5-4-6-8-15/h4-8,13,16-18,21H,9-12H2,1-3H3,(H2,26,31)(H,27,37)(H,28,36)(H,29,35)(H,32,33)/t16-,17-,18-,21?/m0/s1. The Kier molecular flexibility index (Phi) is 13.9. The van der Waals surface area contributed by atoms with Crippen LogP contribution in [0.5, 0.6) is 0 Å². The number of rotatable bonds is 17. The number of hydrogen-bond donors (Lipinski definition) is 5. The second-order valence-corrected chi connectivity index (χ2v) is 10.8. The molecule has 42 heavy (non-hydrogen) atoms. The van der Waals surface area contributed by atoms with Crippen molar-refractivity contribution in [3.05, 3.63) is 46.0 Å². The van der Waals surface area contributed by atoms with Gasteiger partial charge in [0.1, 0.15) is 16.9 Å². The van der Waals surface area contributed by atoms with Crippen molar-refractivity contribution in [2.45, 2.75) is 70.6 Å². The number of nitrogens with zero attached hydrogens (tertiary/aromatic N) is 1. The molecule has 0 aliphatic heterocycles. The zero-order valence-corrected chi connectivity index (χ0v) is 23.9. The second-order valence-electron chi connectivity index (χ2n) is 9.67. The second kappa shape index (κ2) is 16.6. The van der Waals surface area contributed by atoms with Crippen molar-refractivity contribution in [3.63, 3.8) is 0 Å². The molecule has 0 saturated carbocycles. The summed E-state index contributed by atoms with van der Waals surface area (Å²) in [6, 6.07) is 0.338. The molecule has 0 heterocycles. The van der Waals surface area contributed by atoms with E-state index >= 15 is 0 Å². The predicted molar refractivity (Wildman–Crippen MR) is 147 cm³/mol.